The van der Waals surface area contributed by atoms with Crippen LogP contribution in [-0.2, 0) is 12.8 Å². The SMILES string of the molecule is CCCC(N)Cc1nc(Cc2cc(F)cc(F)c2)no1. The molecule has 0 fully saturated rings. The van der Waals surface area contributed by atoms with E-state index in [2.05, 4.69) is 17.1 Å². The zero-order chi connectivity index (χ0) is 14.5. The molecule has 1 heterocycles. The van der Waals surface area contributed by atoms with Crippen LogP contribution in [0.1, 0.15) is 37.0 Å². The summed E-state index contributed by atoms with van der Waals surface area (Å²) in [6, 6.07) is 3.32. The molecule has 20 heavy (non-hydrogen) atoms. The van der Waals surface area contributed by atoms with E-state index < -0.39 is 11.6 Å². The quantitative estimate of drug-likeness (QED) is 0.884. The molecule has 1 aromatic heterocycles. The van der Waals surface area contributed by atoms with Crippen LogP contribution in [-0.4, -0.2) is 16.2 Å². The summed E-state index contributed by atoms with van der Waals surface area (Å²) < 4.78 is 31.2. The number of aromatic nitrogens is 2. The molecule has 1 atom stereocenters. The van der Waals surface area contributed by atoms with Gasteiger partial charge in [-0.05, 0) is 24.1 Å². The van der Waals surface area contributed by atoms with Gasteiger partial charge in [0.25, 0.3) is 0 Å². The van der Waals surface area contributed by atoms with Gasteiger partial charge in [0.05, 0.1) is 0 Å². The van der Waals surface area contributed by atoms with Crippen LogP contribution in [0.15, 0.2) is 22.7 Å². The second kappa shape index (κ2) is 6.56. The third-order valence-electron chi connectivity index (χ3n) is 2.89. The maximum absolute atomic E-state index is 13.1. The highest BCUT2D eigenvalue weighted by Gasteiger charge is 2.12. The molecule has 0 aliphatic heterocycles. The molecule has 0 bridgehead atoms. The molecular weight excluding hydrogens is 264 g/mol. The van der Waals surface area contributed by atoms with Gasteiger partial charge in [-0.2, -0.15) is 4.98 Å². The van der Waals surface area contributed by atoms with Gasteiger partial charge in [-0.1, -0.05) is 18.5 Å². The van der Waals surface area contributed by atoms with Crippen molar-refractivity contribution in [2.45, 2.75) is 38.6 Å². The van der Waals surface area contributed by atoms with Crippen LogP contribution in [0, 0.1) is 11.6 Å². The van der Waals surface area contributed by atoms with E-state index in [0.29, 0.717) is 23.7 Å². The average molecular weight is 281 g/mol. The van der Waals surface area contributed by atoms with Crippen LogP contribution in [0.2, 0.25) is 0 Å². The van der Waals surface area contributed by atoms with Gasteiger partial charge < -0.3 is 10.3 Å². The standard InChI is InChI=1S/C14H17F2N3O/c1-2-3-12(17)8-14-18-13(19-20-14)6-9-4-10(15)7-11(16)5-9/h4-5,7,12H,2-3,6,8,17H2,1H3. The molecule has 0 saturated carbocycles. The minimum Gasteiger partial charge on any atom is -0.339 e. The third-order valence-corrected chi connectivity index (χ3v) is 2.89. The minimum absolute atomic E-state index is 0.0140. The number of halogens is 2. The van der Waals surface area contributed by atoms with Gasteiger partial charge in [-0.25, -0.2) is 8.78 Å². The summed E-state index contributed by atoms with van der Waals surface area (Å²) in [5.41, 5.74) is 6.36. The number of hydrogen-bond donors (Lipinski definition) is 1. The summed E-state index contributed by atoms with van der Waals surface area (Å²) in [6.07, 6.45) is 2.61. The molecule has 0 radical (unpaired) electrons. The molecule has 0 amide bonds. The predicted octanol–water partition coefficient (Wildman–Crippen LogP) is 2.61. The fourth-order valence-corrected chi connectivity index (χ4v) is 2.04. The molecule has 0 spiro atoms. The Labute approximate surface area is 116 Å². The molecule has 2 aromatic rings. The number of hydrogen-bond acceptors (Lipinski definition) is 4. The van der Waals surface area contributed by atoms with Gasteiger partial charge in [0.2, 0.25) is 5.89 Å². The van der Waals surface area contributed by atoms with Gasteiger partial charge in [-0.3, -0.25) is 0 Å². The minimum atomic E-state index is -0.617. The van der Waals surface area contributed by atoms with Crippen molar-refractivity contribution in [3.05, 3.63) is 47.1 Å². The Hall–Kier alpha value is -1.82. The Morgan fingerprint density at radius 3 is 2.60 bits per heavy atom. The van der Waals surface area contributed by atoms with Crippen molar-refractivity contribution in [2.75, 3.05) is 0 Å². The number of rotatable bonds is 6. The molecular formula is C14H17F2N3O. The van der Waals surface area contributed by atoms with E-state index in [9.17, 15) is 8.78 Å². The highest BCUT2D eigenvalue weighted by Crippen LogP contribution is 2.12. The van der Waals surface area contributed by atoms with E-state index in [1.807, 2.05) is 0 Å². The summed E-state index contributed by atoms with van der Waals surface area (Å²) in [4.78, 5) is 4.18. The van der Waals surface area contributed by atoms with Crippen LogP contribution in [0.4, 0.5) is 8.78 Å². The second-order valence-electron chi connectivity index (χ2n) is 4.81. The van der Waals surface area contributed by atoms with E-state index >= 15 is 0 Å². The first-order valence-corrected chi connectivity index (χ1v) is 6.59. The van der Waals surface area contributed by atoms with Crippen LogP contribution < -0.4 is 5.73 Å². The zero-order valence-corrected chi connectivity index (χ0v) is 11.3. The second-order valence-corrected chi connectivity index (χ2v) is 4.81. The van der Waals surface area contributed by atoms with Gasteiger partial charge >= 0.3 is 0 Å². The Kier molecular flexibility index (Phi) is 4.79. The predicted molar refractivity (Wildman–Crippen MR) is 70.0 cm³/mol. The Morgan fingerprint density at radius 1 is 1.25 bits per heavy atom. The molecule has 1 unspecified atom stereocenters. The summed E-state index contributed by atoms with van der Waals surface area (Å²) in [6.45, 7) is 2.05. The monoisotopic (exact) mass is 281 g/mol. The maximum atomic E-state index is 13.1. The normalized spacial score (nSPS) is 12.6. The largest absolute Gasteiger partial charge is 0.339 e. The average Bonchev–Trinajstić information content (AvgIpc) is 2.75. The molecule has 6 heteroatoms. The zero-order valence-electron chi connectivity index (χ0n) is 11.3. The highest BCUT2D eigenvalue weighted by atomic mass is 19.1. The van der Waals surface area contributed by atoms with E-state index in [0.717, 1.165) is 18.9 Å². The maximum Gasteiger partial charge on any atom is 0.228 e. The van der Waals surface area contributed by atoms with Crippen LogP contribution in [0.3, 0.4) is 0 Å². The molecule has 1 aromatic carbocycles. The van der Waals surface area contributed by atoms with E-state index in [-0.39, 0.29) is 12.5 Å². The smallest absolute Gasteiger partial charge is 0.228 e. The molecule has 2 N–H and O–H groups in total. The molecule has 4 nitrogen and oxygen atoms in total. The van der Waals surface area contributed by atoms with Gasteiger partial charge in [0.15, 0.2) is 5.82 Å². The van der Waals surface area contributed by atoms with Crippen LogP contribution >= 0.6 is 0 Å². The summed E-state index contributed by atoms with van der Waals surface area (Å²) in [5, 5.41) is 3.80. The first-order chi connectivity index (χ1) is 9.56. The number of nitrogens with two attached hydrogens (primary N) is 1. The molecule has 0 aliphatic rings. The Bertz CT molecular complexity index is 551. The van der Waals surface area contributed by atoms with Crippen molar-refractivity contribution in [3.63, 3.8) is 0 Å². The first kappa shape index (κ1) is 14.6. The van der Waals surface area contributed by atoms with Crippen molar-refractivity contribution in [1.29, 1.82) is 0 Å². The fraction of sp³-hybridized carbons (Fsp3) is 0.429. The van der Waals surface area contributed by atoms with E-state index in [1.165, 1.54) is 12.1 Å². The van der Waals surface area contributed by atoms with Crippen LogP contribution in [0.25, 0.3) is 0 Å². The summed E-state index contributed by atoms with van der Waals surface area (Å²) >= 11 is 0. The number of benzene rings is 1. The van der Waals surface area contributed by atoms with Crippen molar-refractivity contribution >= 4 is 0 Å². The molecule has 2 rings (SSSR count). The molecule has 0 aliphatic carbocycles. The Morgan fingerprint density at radius 2 is 1.95 bits per heavy atom. The van der Waals surface area contributed by atoms with E-state index in [1.54, 1.807) is 0 Å². The highest BCUT2D eigenvalue weighted by molar-refractivity contribution is 5.21. The lowest BCUT2D eigenvalue weighted by Gasteiger charge is -2.05. The van der Waals surface area contributed by atoms with Crippen molar-refractivity contribution in [1.82, 2.24) is 10.1 Å². The lowest BCUT2D eigenvalue weighted by atomic mass is 10.1. The first-order valence-electron chi connectivity index (χ1n) is 6.59. The van der Waals surface area contributed by atoms with E-state index in [4.69, 9.17) is 10.3 Å². The molecule has 108 valence electrons. The van der Waals surface area contributed by atoms with Gasteiger partial charge in [0.1, 0.15) is 11.6 Å². The van der Waals surface area contributed by atoms with Gasteiger partial charge in [0, 0.05) is 24.9 Å². The summed E-state index contributed by atoms with van der Waals surface area (Å²) in [5.74, 6) is -0.381. The third kappa shape index (κ3) is 4.09. The summed E-state index contributed by atoms with van der Waals surface area (Å²) in [7, 11) is 0. The lowest BCUT2D eigenvalue weighted by Crippen LogP contribution is -2.22. The van der Waals surface area contributed by atoms with Gasteiger partial charge in [-0.15, -0.1) is 0 Å². The topological polar surface area (TPSA) is 64.9 Å². The van der Waals surface area contributed by atoms with Crippen molar-refractivity contribution in [2.24, 2.45) is 5.73 Å². The van der Waals surface area contributed by atoms with Crippen molar-refractivity contribution < 1.29 is 13.3 Å². The Balaban J connectivity index is 2.02. The number of nitrogens with zero attached hydrogens (tertiary/aromatic N) is 2. The van der Waals surface area contributed by atoms with Crippen molar-refractivity contribution in [3.8, 4) is 0 Å². The fourth-order valence-electron chi connectivity index (χ4n) is 2.04. The lowest BCUT2D eigenvalue weighted by molar-refractivity contribution is 0.361. The van der Waals surface area contributed by atoms with Crippen LogP contribution in [0.5, 0.6) is 0 Å². The molecule has 0 saturated heterocycles.